The van der Waals surface area contributed by atoms with Crippen molar-refractivity contribution < 1.29 is 9.53 Å². The molecule has 2 aromatic rings. The number of carbonyl (C=O) groups excluding carboxylic acids is 1. The number of amides is 1. The minimum absolute atomic E-state index is 0.174. The third kappa shape index (κ3) is 4.25. The second-order valence-electron chi connectivity index (χ2n) is 5.80. The van der Waals surface area contributed by atoms with Gasteiger partial charge in [0, 0.05) is 11.3 Å². The van der Waals surface area contributed by atoms with Crippen LogP contribution in [0.4, 0.5) is 11.4 Å². The van der Waals surface area contributed by atoms with Gasteiger partial charge in [0.1, 0.15) is 5.75 Å². The molecule has 0 radical (unpaired) electrons. The SMILES string of the molecule is CCCOc1ccc(C(=O)Nc2ccccc2C(C)C)cc1N. The van der Waals surface area contributed by atoms with Crippen LogP contribution in [0.15, 0.2) is 42.5 Å². The fraction of sp³-hybridized carbons (Fsp3) is 0.316. The maximum absolute atomic E-state index is 12.5. The summed E-state index contributed by atoms with van der Waals surface area (Å²) in [5, 5.41) is 2.96. The van der Waals surface area contributed by atoms with Gasteiger partial charge in [-0.25, -0.2) is 0 Å². The molecule has 0 heterocycles. The van der Waals surface area contributed by atoms with Crippen molar-refractivity contribution in [2.75, 3.05) is 17.7 Å². The molecule has 0 atom stereocenters. The van der Waals surface area contributed by atoms with Gasteiger partial charge in [0.2, 0.25) is 0 Å². The summed E-state index contributed by atoms with van der Waals surface area (Å²) in [5.41, 5.74) is 8.90. The van der Waals surface area contributed by atoms with Crippen LogP contribution in [0, 0.1) is 0 Å². The standard InChI is InChI=1S/C19H24N2O2/c1-4-11-23-18-10-9-14(12-16(18)20)19(22)21-17-8-6-5-7-15(17)13(2)3/h5-10,12-13H,4,11,20H2,1-3H3,(H,21,22). The van der Waals surface area contributed by atoms with E-state index in [1.807, 2.05) is 31.2 Å². The van der Waals surface area contributed by atoms with E-state index in [-0.39, 0.29) is 5.91 Å². The number of benzene rings is 2. The van der Waals surface area contributed by atoms with Crippen molar-refractivity contribution >= 4 is 17.3 Å². The van der Waals surface area contributed by atoms with E-state index < -0.39 is 0 Å². The number of nitrogens with one attached hydrogen (secondary N) is 1. The number of carbonyl (C=O) groups is 1. The second kappa shape index (κ2) is 7.68. The third-order valence-electron chi connectivity index (χ3n) is 3.56. The van der Waals surface area contributed by atoms with Crippen LogP contribution in [-0.2, 0) is 0 Å². The number of anilines is 2. The Morgan fingerprint density at radius 3 is 2.61 bits per heavy atom. The van der Waals surface area contributed by atoms with E-state index in [2.05, 4.69) is 19.2 Å². The van der Waals surface area contributed by atoms with E-state index in [4.69, 9.17) is 10.5 Å². The molecule has 0 aromatic heterocycles. The first kappa shape index (κ1) is 16.9. The maximum Gasteiger partial charge on any atom is 0.255 e. The molecule has 0 spiro atoms. The van der Waals surface area contributed by atoms with Gasteiger partial charge in [-0.15, -0.1) is 0 Å². The summed E-state index contributed by atoms with van der Waals surface area (Å²) in [6.07, 6.45) is 0.910. The molecular weight excluding hydrogens is 288 g/mol. The monoisotopic (exact) mass is 312 g/mol. The van der Waals surface area contributed by atoms with Crippen LogP contribution >= 0.6 is 0 Å². The van der Waals surface area contributed by atoms with Gasteiger partial charge in [-0.3, -0.25) is 4.79 Å². The number of nitrogen functional groups attached to an aromatic ring is 1. The largest absolute Gasteiger partial charge is 0.491 e. The summed E-state index contributed by atoms with van der Waals surface area (Å²) in [6.45, 7) is 6.84. The van der Waals surface area contributed by atoms with Gasteiger partial charge in [0.05, 0.1) is 12.3 Å². The molecule has 23 heavy (non-hydrogen) atoms. The van der Waals surface area contributed by atoms with Crippen LogP contribution in [-0.4, -0.2) is 12.5 Å². The minimum Gasteiger partial charge on any atom is -0.491 e. The highest BCUT2D eigenvalue weighted by Gasteiger charge is 2.12. The van der Waals surface area contributed by atoms with Gasteiger partial charge in [0.25, 0.3) is 5.91 Å². The number of ether oxygens (including phenoxy) is 1. The zero-order valence-corrected chi connectivity index (χ0v) is 13.9. The van der Waals surface area contributed by atoms with Crippen molar-refractivity contribution in [1.29, 1.82) is 0 Å². The first-order valence-electron chi connectivity index (χ1n) is 7.95. The van der Waals surface area contributed by atoms with Gasteiger partial charge in [-0.2, -0.15) is 0 Å². The molecule has 3 N–H and O–H groups in total. The van der Waals surface area contributed by atoms with Crippen molar-refractivity contribution in [3.8, 4) is 5.75 Å². The lowest BCUT2D eigenvalue weighted by Gasteiger charge is -2.14. The molecule has 0 aliphatic heterocycles. The maximum atomic E-state index is 12.5. The molecule has 4 nitrogen and oxygen atoms in total. The summed E-state index contributed by atoms with van der Waals surface area (Å²) >= 11 is 0. The van der Waals surface area contributed by atoms with Gasteiger partial charge in [-0.1, -0.05) is 39.0 Å². The van der Waals surface area contributed by atoms with Crippen LogP contribution < -0.4 is 15.8 Å². The Balaban J connectivity index is 2.17. The Labute approximate surface area is 137 Å². The minimum atomic E-state index is -0.174. The summed E-state index contributed by atoms with van der Waals surface area (Å²) in [7, 11) is 0. The highest BCUT2D eigenvalue weighted by Crippen LogP contribution is 2.26. The lowest BCUT2D eigenvalue weighted by Crippen LogP contribution is -2.14. The first-order valence-corrected chi connectivity index (χ1v) is 7.95. The predicted molar refractivity (Wildman–Crippen MR) is 95.1 cm³/mol. The molecule has 0 saturated heterocycles. The lowest BCUT2D eigenvalue weighted by molar-refractivity contribution is 0.102. The van der Waals surface area contributed by atoms with E-state index in [9.17, 15) is 4.79 Å². The fourth-order valence-corrected chi connectivity index (χ4v) is 2.34. The predicted octanol–water partition coefficient (Wildman–Crippen LogP) is 4.43. The summed E-state index contributed by atoms with van der Waals surface area (Å²) in [4.78, 5) is 12.5. The molecule has 122 valence electrons. The van der Waals surface area contributed by atoms with Crippen LogP contribution in [0.1, 0.15) is 49.0 Å². The quantitative estimate of drug-likeness (QED) is 0.775. The van der Waals surface area contributed by atoms with Gasteiger partial charge >= 0.3 is 0 Å². The van der Waals surface area contributed by atoms with Gasteiger partial charge in [-0.05, 0) is 42.2 Å². The molecule has 0 bridgehead atoms. The van der Waals surface area contributed by atoms with E-state index in [1.165, 1.54) is 0 Å². The highest BCUT2D eigenvalue weighted by atomic mass is 16.5. The van der Waals surface area contributed by atoms with Crippen molar-refractivity contribution in [2.45, 2.75) is 33.1 Å². The molecule has 0 saturated carbocycles. The van der Waals surface area contributed by atoms with Crippen LogP contribution in [0.25, 0.3) is 0 Å². The summed E-state index contributed by atoms with van der Waals surface area (Å²) in [5.74, 6) is 0.777. The Morgan fingerprint density at radius 2 is 1.96 bits per heavy atom. The number of hydrogen-bond donors (Lipinski definition) is 2. The van der Waals surface area contributed by atoms with E-state index in [0.29, 0.717) is 29.5 Å². The van der Waals surface area contributed by atoms with Crippen molar-refractivity contribution in [3.63, 3.8) is 0 Å². The van der Waals surface area contributed by atoms with E-state index >= 15 is 0 Å². The highest BCUT2D eigenvalue weighted by molar-refractivity contribution is 6.05. The van der Waals surface area contributed by atoms with Crippen LogP contribution in [0.3, 0.4) is 0 Å². The van der Waals surface area contributed by atoms with Gasteiger partial charge in [0.15, 0.2) is 0 Å². The summed E-state index contributed by atoms with van der Waals surface area (Å²) in [6, 6.07) is 13.0. The Morgan fingerprint density at radius 1 is 1.22 bits per heavy atom. The molecule has 4 heteroatoms. The Bertz CT molecular complexity index is 681. The number of rotatable bonds is 6. The number of nitrogens with two attached hydrogens (primary N) is 1. The summed E-state index contributed by atoms with van der Waals surface area (Å²) < 4.78 is 5.53. The molecule has 0 aliphatic rings. The fourth-order valence-electron chi connectivity index (χ4n) is 2.34. The normalized spacial score (nSPS) is 10.6. The molecule has 2 rings (SSSR count). The number of hydrogen-bond acceptors (Lipinski definition) is 3. The molecule has 0 unspecified atom stereocenters. The van der Waals surface area contributed by atoms with E-state index in [0.717, 1.165) is 17.7 Å². The van der Waals surface area contributed by atoms with E-state index in [1.54, 1.807) is 18.2 Å². The van der Waals surface area contributed by atoms with Crippen molar-refractivity contribution in [3.05, 3.63) is 53.6 Å². The zero-order valence-electron chi connectivity index (χ0n) is 13.9. The van der Waals surface area contributed by atoms with Gasteiger partial charge < -0.3 is 15.8 Å². The smallest absolute Gasteiger partial charge is 0.255 e. The van der Waals surface area contributed by atoms with Crippen molar-refractivity contribution in [1.82, 2.24) is 0 Å². The second-order valence-corrected chi connectivity index (χ2v) is 5.80. The van der Waals surface area contributed by atoms with Crippen LogP contribution in [0.2, 0.25) is 0 Å². The van der Waals surface area contributed by atoms with Crippen molar-refractivity contribution in [2.24, 2.45) is 0 Å². The Hall–Kier alpha value is -2.49. The Kier molecular flexibility index (Phi) is 5.63. The van der Waals surface area contributed by atoms with Crippen LogP contribution in [0.5, 0.6) is 5.75 Å². The molecular formula is C19H24N2O2. The topological polar surface area (TPSA) is 64.3 Å². The first-order chi connectivity index (χ1) is 11.0. The molecule has 0 fully saturated rings. The molecule has 1 amide bonds. The zero-order chi connectivity index (χ0) is 16.8. The molecule has 2 aromatic carbocycles. The average Bonchev–Trinajstić information content (AvgIpc) is 2.54. The average molecular weight is 312 g/mol. The lowest BCUT2D eigenvalue weighted by atomic mass is 10.0. The number of para-hydroxylation sites is 1. The molecule has 0 aliphatic carbocycles. The third-order valence-corrected chi connectivity index (χ3v) is 3.56.